The molecule has 1 saturated carbocycles. The first kappa shape index (κ1) is 17.9. The van der Waals surface area contributed by atoms with Crippen molar-refractivity contribution in [1.29, 1.82) is 5.26 Å². The van der Waals surface area contributed by atoms with Crippen molar-refractivity contribution in [1.82, 2.24) is 10.3 Å². The van der Waals surface area contributed by atoms with E-state index in [1.54, 1.807) is 6.07 Å². The van der Waals surface area contributed by atoms with E-state index in [1.165, 1.54) is 19.3 Å². The number of hydrogen-bond acceptors (Lipinski definition) is 5. The molecule has 1 amide bonds. The van der Waals surface area contributed by atoms with Crippen LogP contribution < -0.4 is 10.2 Å². The normalized spacial score (nSPS) is 34.2. The highest BCUT2D eigenvalue weighted by molar-refractivity contribution is 5.78. The summed E-state index contributed by atoms with van der Waals surface area (Å²) in [5.41, 5.74) is 0.350. The Bertz CT molecular complexity index is 800. The molecule has 1 aliphatic carbocycles. The number of nitriles is 1. The standard InChI is InChI=1S/C22H28N4O2/c23-11-16-7-4-8-20(25-16)26-13-18-17(19-9-10-22(18,14-26)28-19)12-24-21(27)15-5-2-1-3-6-15/h4,7-8,15,17-19H,1-3,5-6,9-10,12-14H2,(H,24,27)/t17-,18+,19+,22+/m0/s1. The lowest BCUT2D eigenvalue weighted by atomic mass is 9.73. The minimum atomic E-state index is -0.102. The molecule has 4 heterocycles. The van der Waals surface area contributed by atoms with Gasteiger partial charge in [0.2, 0.25) is 5.91 Å². The number of rotatable bonds is 4. The molecule has 3 saturated heterocycles. The molecule has 4 atom stereocenters. The van der Waals surface area contributed by atoms with E-state index in [4.69, 9.17) is 10.00 Å². The van der Waals surface area contributed by atoms with Crippen LogP contribution in [0.15, 0.2) is 18.2 Å². The summed E-state index contributed by atoms with van der Waals surface area (Å²) >= 11 is 0. The number of carbonyl (C=O) groups excluding carboxylic acids is 1. The van der Waals surface area contributed by atoms with Gasteiger partial charge in [0, 0.05) is 37.4 Å². The molecule has 4 aliphatic rings. The maximum atomic E-state index is 12.6. The Labute approximate surface area is 166 Å². The summed E-state index contributed by atoms with van der Waals surface area (Å²) in [7, 11) is 0. The molecule has 1 aromatic heterocycles. The third-order valence-electron chi connectivity index (χ3n) is 7.44. The molecule has 1 N–H and O–H groups in total. The second-order valence-electron chi connectivity index (χ2n) is 8.98. The molecule has 1 spiro atoms. The highest BCUT2D eigenvalue weighted by atomic mass is 16.5. The highest BCUT2D eigenvalue weighted by Gasteiger charge is 2.63. The van der Waals surface area contributed by atoms with E-state index < -0.39 is 0 Å². The zero-order chi connectivity index (χ0) is 19.1. The van der Waals surface area contributed by atoms with Crippen LogP contribution in [0.25, 0.3) is 0 Å². The van der Waals surface area contributed by atoms with Crippen molar-refractivity contribution < 1.29 is 9.53 Å². The van der Waals surface area contributed by atoms with Crippen LogP contribution in [0.5, 0.6) is 0 Å². The Morgan fingerprint density at radius 2 is 2.18 bits per heavy atom. The summed E-state index contributed by atoms with van der Waals surface area (Å²) in [4.78, 5) is 19.4. The fourth-order valence-electron chi connectivity index (χ4n) is 6.03. The van der Waals surface area contributed by atoms with Gasteiger partial charge in [0.15, 0.2) is 0 Å². The summed E-state index contributed by atoms with van der Waals surface area (Å²) in [5, 5.41) is 12.4. The minimum Gasteiger partial charge on any atom is -0.369 e. The molecule has 28 heavy (non-hydrogen) atoms. The van der Waals surface area contributed by atoms with Gasteiger partial charge in [-0.25, -0.2) is 4.98 Å². The van der Waals surface area contributed by atoms with Crippen molar-refractivity contribution in [3.63, 3.8) is 0 Å². The zero-order valence-corrected chi connectivity index (χ0v) is 16.3. The van der Waals surface area contributed by atoms with Crippen LogP contribution in [0.2, 0.25) is 0 Å². The average molecular weight is 380 g/mol. The van der Waals surface area contributed by atoms with Gasteiger partial charge in [-0.3, -0.25) is 4.79 Å². The van der Waals surface area contributed by atoms with Crippen molar-refractivity contribution >= 4 is 11.7 Å². The van der Waals surface area contributed by atoms with Crippen LogP contribution >= 0.6 is 0 Å². The predicted octanol–water partition coefficient (Wildman–Crippen LogP) is 2.63. The van der Waals surface area contributed by atoms with E-state index in [0.717, 1.165) is 51.1 Å². The average Bonchev–Trinajstić information content (AvgIpc) is 3.41. The van der Waals surface area contributed by atoms with E-state index in [9.17, 15) is 4.79 Å². The third kappa shape index (κ3) is 2.97. The van der Waals surface area contributed by atoms with Crippen LogP contribution in [0.4, 0.5) is 5.82 Å². The van der Waals surface area contributed by atoms with Crippen LogP contribution in [-0.2, 0) is 9.53 Å². The third-order valence-corrected chi connectivity index (χ3v) is 7.44. The lowest BCUT2D eigenvalue weighted by Crippen LogP contribution is -2.43. The number of pyridine rings is 1. The van der Waals surface area contributed by atoms with Gasteiger partial charge in [-0.2, -0.15) is 5.26 Å². The Hall–Kier alpha value is -2.13. The Morgan fingerprint density at radius 1 is 1.32 bits per heavy atom. The molecular weight excluding hydrogens is 352 g/mol. The number of amides is 1. The summed E-state index contributed by atoms with van der Waals surface area (Å²) in [5.74, 6) is 2.12. The summed E-state index contributed by atoms with van der Waals surface area (Å²) < 4.78 is 6.50. The molecule has 0 aromatic carbocycles. The number of carbonyl (C=O) groups is 1. The van der Waals surface area contributed by atoms with Crippen LogP contribution in [0.1, 0.15) is 50.6 Å². The molecule has 5 rings (SSSR count). The van der Waals surface area contributed by atoms with E-state index in [-0.39, 0.29) is 23.5 Å². The highest BCUT2D eigenvalue weighted by Crippen LogP contribution is 2.55. The number of ether oxygens (including phenoxy) is 1. The fraction of sp³-hybridized carbons (Fsp3) is 0.682. The topological polar surface area (TPSA) is 78.2 Å². The number of fused-ring (bicyclic) bond motifs is 1. The number of anilines is 1. The fourth-order valence-corrected chi connectivity index (χ4v) is 6.03. The first-order chi connectivity index (χ1) is 13.7. The van der Waals surface area contributed by atoms with Crippen LogP contribution in [-0.4, -0.2) is 42.2 Å². The molecule has 6 heteroatoms. The lowest BCUT2D eigenvalue weighted by Gasteiger charge is -2.30. The Morgan fingerprint density at radius 3 is 3.00 bits per heavy atom. The van der Waals surface area contributed by atoms with E-state index >= 15 is 0 Å². The number of aromatic nitrogens is 1. The van der Waals surface area contributed by atoms with Crippen molar-refractivity contribution in [2.45, 2.75) is 56.7 Å². The maximum absolute atomic E-state index is 12.6. The zero-order valence-electron chi connectivity index (χ0n) is 16.3. The van der Waals surface area contributed by atoms with E-state index in [2.05, 4.69) is 21.3 Å². The lowest BCUT2D eigenvalue weighted by molar-refractivity contribution is -0.126. The molecule has 3 aliphatic heterocycles. The summed E-state index contributed by atoms with van der Waals surface area (Å²) in [6.45, 7) is 2.46. The van der Waals surface area contributed by atoms with Crippen molar-refractivity contribution in [2.75, 3.05) is 24.5 Å². The molecule has 6 nitrogen and oxygen atoms in total. The molecule has 0 unspecified atom stereocenters. The van der Waals surface area contributed by atoms with Crippen LogP contribution in [0.3, 0.4) is 0 Å². The quantitative estimate of drug-likeness (QED) is 0.869. The van der Waals surface area contributed by atoms with Crippen LogP contribution in [0, 0.1) is 29.1 Å². The van der Waals surface area contributed by atoms with Gasteiger partial charge < -0.3 is 15.0 Å². The van der Waals surface area contributed by atoms with Crippen molar-refractivity contribution in [3.8, 4) is 6.07 Å². The molecule has 4 fully saturated rings. The van der Waals surface area contributed by atoms with Gasteiger partial charge in [-0.05, 0) is 37.8 Å². The smallest absolute Gasteiger partial charge is 0.223 e. The number of hydrogen-bond donors (Lipinski definition) is 1. The van der Waals surface area contributed by atoms with Gasteiger partial charge >= 0.3 is 0 Å². The maximum Gasteiger partial charge on any atom is 0.223 e. The van der Waals surface area contributed by atoms with E-state index in [1.807, 2.05) is 12.1 Å². The first-order valence-electron chi connectivity index (χ1n) is 10.8. The number of nitrogens with one attached hydrogen (secondary N) is 1. The van der Waals surface area contributed by atoms with Gasteiger partial charge in [0.1, 0.15) is 17.6 Å². The Kier molecular flexibility index (Phi) is 4.51. The Balaban J connectivity index is 1.27. The van der Waals surface area contributed by atoms with Gasteiger partial charge in [0.05, 0.1) is 11.7 Å². The summed E-state index contributed by atoms with van der Waals surface area (Å²) in [6.07, 6.45) is 8.16. The largest absolute Gasteiger partial charge is 0.369 e. The molecular formula is C22H28N4O2. The van der Waals surface area contributed by atoms with Gasteiger partial charge in [-0.1, -0.05) is 25.3 Å². The second-order valence-corrected chi connectivity index (χ2v) is 8.98. The van der Waals surface area contributed by atoms with Crippen molar-refractivity contribution in [3.05, 3.63) is 23.9 Å². The molecule has 1 aromatic rings. The van der Waals surface area contributed by atoms with Gasteiger partial charge in [-0.15, -0.1) is 0 Å². The predicted molar refractivity (Wildman–Crippen MR) is 105 cm³/mol. The minimum absolute atomic E-state index is 0.102. The van der Waals surface area contributed by atoms with Gasteiger partial charge in [0.25, 0.3) is 0 Å². The SMILES string of the molecule is N#Cc1cccc(N2C[C@@H]3[C@H](CNC(=O)C4CCCCC4)[C@H]4CC[C@]3(C2)O4)n1. The monoisotopic (exact) mass is 380 g/mol. The molecule has 2 bridgehead atoms. The second kappa shape index (κ2) is 7.04. The number of nitrogens with zero attached hydrogens (tertiary/aromatic N) is 3. The van der Waals surface area contributed by atoms with Crippen molar-refractivity contribution in [2.24, 2.45) is 17.8 Å². The summed E-state index contributed by atoms with van der Waals surface area (Å²) in [6, 6.07) is 7.74. The van der Waals surface area contributed by atoms with E-state index in [0.29, 0.717) is 17.5 Å². The first-order valence-corrected chi connectivity index (χ1v) is 10.8. The molecule has 0 radical (unpaired) electrons. The molecule has 148 valence electrons.